The summed E-state index contributed by atoms with van der Waals surface area (Å²) in [4.78, 5) is 25.4. The maximum absolute atomic E-state index is 12.2. The molecule has 18 heavy (non-hydrogen) atoms. The number of hydrogen-bond donors (Lipinski definition) is 2. The van der Waals surface area contributed by atoms with E-state index >= 15 is 0 Å². The van der Waals surface area contributed by atoms with Crippen LogP contribution in [-0.2, 0) is 16.0 Å². The Bertz CT molecular complexity index is 499. The van der Waals surface area contributed by atoms with Crippen molar-refractivity contribution in [3.63, 3.8) is 0 Å². The lowest BCUT2D eigenvalue weighted by Crippen LogP contribution is -2.38. The fraction of sp³-hybridized carbons (Fsp3) is 0.385. The lowest BCUT2D eigenvalue weighted by molar-refractivity contribution is -0.127. The summed E-state index contributed by atoms with van der Waals surface area (Å²) in [5.41, 5.74) is 13.2. The third-order valence-electron chi connectivity index (χ3n) is 3.18. The Morgan fingerprint density at radius 3 is 2.89 bits per heavy atom. The quantitative estimate of drug-likeness (QED) is 0.768. The number of carbonyl (C=O) groups excluding carboxylic acids is 2. The zero-order valence-electron chi connectivity index (χ0n) is 10.3. The van der Waals surface area contributed by atoms with Gasteiger partial charge in [-0.2, -0.15) is 0 Å². The SMILES string of the molecule is CC(CCN)C(=O)N1C(=O)Cc2cc(N)ccc21. The molecule has 5 nitrogen and oxygen atoms in total. The van der Waals surface area contributed by atoms with Crippen LogP contribution >= 0.6 is 0 Å². The molecule has 0 radical (unpaired) electrons. The molecule has 5 heteroatoms. The largest absolute Gasteiger partial charge is 0.399 e. The molecule has 2 amide bonds. The molecular weight excluding hydrogens is 230 g/mol. The first kappa shape index (κ1) is 12.6. The molecule has 0 aliphatic carbocycles. The molecule has 0 saturated heterocycles. The summed E-state index contributed by atoms with van der Waals surface area (Å²) in [7, 11) is 0. The topological polar surface area (TPSA) is 89.4 Å². The van der Waals surface area contributed by atoms with Crippen molar-refractivity contribution < 1.29 is 9.59 Å². The van der Waals surface area contributed by atoms with E-state index in [1.807, 2.05) is 0 Å². The van der Waals surface area contributed by atoms with Gasteiger partial charge in [-0.05, 0) is 36.7 Å². The van der Waals surface area contributed by atoms with Crippen molar-refractivity contribution in [1.82, 2.24) is 0 Å². The molecule has 1 unspecified atom stereocenters. The first-order valence-electron chi connectivity index (χ1n) is 6.00. The zero-order chi connectivity index (χ0) is 13.3. The van der Waals surface area contributed by atoms with Gasteiger partial charge in [0.15, 0.2) is 0 Å². The van der Waals surface area contributed by atoms with Gasteiger partial charge in [-0.1, -0.05) is 6.92 Å². The van der Waals surface area contributed by atoms with Crippen molar-refractivity contribution in [1.29, 1.82) is 0 Å². The number of fused-ring (bicyclic) bond motifs is 1. The number of anilines is 2. The highest BCUT2D eigenvalue weighted by atomic mass is 16.2. The van der Waals surface area contributed by atoms with Crippen molar-refractivity contribution in [2.75, 3.05) is 17.2 Å². The normalized spacial score (nSPS) is 15.7. The lowest BCUT2D eigenvalue weighted by Gasteiger charge is -2.19. The van der Waals surface area contributed by atoms with Gasteiger partial charge >= 0.3 is 0 Å². The van der Waals surface area contributed by atoms with E-state index in [0.717, 1.165) is 5.56 Å². The molecule has 1 atom stereocenters. The Balaban J connectivity index is 2.30. The third-order valence-corrected chi connectivity index (χ3v) is 3.18. The first-order valence-corrected chi connectivity index (χ1v) is 6.00. The maximum atomic E-state index is 12.2. The second kappa shape index (κ2) is 4.78. The molecule has 0 saturated carbocycles. The number of hydrogen-bond acceptors (Lipinski definition) is 4. The van der Waals surface area contributed by atoms with Gasteiger partial charge in [-0.15, -0.1) is 0 Å². The van der Waals surface area contributed by atoms with Gasteiger partial charge in [0.1, 0.15) is 0 Å². The highest BCUT2D eigenvalue weighted by Gasteiger charge is 2.34. The van der Waals surface area contributed by atoms with E-state index < -0.39 is 0 Å². The number of nitrogens with zero attached hydrogens (tertiary/aromatic N) is 1. The minimum Gasteiger partial charge on any atom is -0.399 e. The second-order valence-electron chi connectivity index (χ2n) is 4.61. The Labute approximate surface area is 106 Å². The van der Waals surface area contributed by atoms with Crippen LogP contribution in [0.15, 0.2) is 18.2 Å². The molecule has 1 heterocycles. The summed E-state index contributed by atoms with van der Waals surface area (Å²) in [6.07, 6.45) is 0.814. The fourth-order valence-corrected chi connectivity index (χ4v) is 2.18. The van der Waals surface area contributed by atoms with Crippen LogP contribution in [0.3, 0.4) is 0 Å². The van der Waals surface area contributed by atoms with Gasteiger partial charge in [0, 0.05) is 11.6 Å². The molecule has 1 aliphatic rings. The van der Waals surface area contributed by atoms with Crippen LogP contribution in [-0.4, -0.2) is 18.4 Å². The molecule has 0 spiro atoms. The van der Waals surface area contributed by atoms with Crippen molar-refractivity contribution in [3.05, 3.63) is 23.8 Å². The van der Waals surface area contributed by atoms with Gasteiger partial charge in [0.05, 0.1) is 12.1 Å². The van der Waals surface area contributed by atoms with E-state index in [2.05, 4.69) is 0 Å². The first-order chi connectivity index (χ1) is 8.54. The van der Waals surface area contributed by atoms with Crippen molar-refractivity contribution in [2.24, 2.45) is 11.7 Å². The van der Waals surface area contributed by atoms with Gasteiger partial charge in [0.25, 0.3) is 0 Å². The Hall–Kier alpha value is -1.88. The molecule has 0 aromatic heterocycles. The average molecular weight is 247 g/mol. The van der Waals surface area contributed by atoms with Crippen LogP contribution in [0, 0.1) is 5.92 Å². The summed E-state index contributed by atoms with van der Waals surface area (Å²) < 4.78 is 0. The van der Waals surface area contributed by atoms with Crippen LogP contribution in [0.25, 0.3) is 0 Å². The number of benzene rings is 1. The molecule has 1 aromatic carbocycles. The number of nitrogens with two attached hydrogens (primary N) is 2. The van der Waals surface area contributed by atoms with E-state index in [-0.39, 0.29) is 24.2 Å². The zero-order valence-corrected chi connectivity index (χ0v) is 10.3. The minimum atomic E-state index is -0.248. The standard InChI is InChI=1S/C13H17N3O2/c1-8(4-5-14)13(18)16-11-3-2-10(15)6-9(11)7-12(16)17/h2-3,6,8H,4-5,7,14-15H2,1H3. The molecule has 2 rings (SSSR count). The van der Waals surface area contributed by atoms with Gasteiger partial charge in [-0.25, -0.2) is 4.90 Å². The van der Waals surface area contributed by atoms with Crippen molar-refractivity contribution in [3.8, 4) is 0 Å². The summed E-state index contributed by atoms with van der Waals surface area (Å²) in [6, 6.07) is 5.17. The minimum absolute atomic E-state index is 0.186. The molecule has 96 valence electrons. The summed E-state index contributed by atoms with van der Waals surface area (Å²) in [6.45, 7) is 2.22. The van der Waals surface area contributed by atoms with Crippen molar-refractivity contribution >= 4 is 23.2 Å². The number of rotatable bonds is 3. The van der Waals surface area contributed by atoms with E-state index in [1.165, 1.54) is 4.90 Å². The molecule has 1 aliphatic heterocycles. The molecule has 1 aromatic rings. The molecular formula is C13H17N3O2. The molecule has 0 bridgehead atoms. The van der Waals surface area contributed by atoms with Crippen LogP contribution in [0.2, 0.25) is 0 Å². The fourth-order valence-electron chi connectivity index (χ4n) is 2.18. The maximum Gasteiger partial charge on any atom is 0.238 e. The smallest absolute Gasteiger partial charge is 0.238 e. The predicted molar refractivity (Wildman–Crippen MR) is 69.9 cm³/mol. The second-order valence-corrected chi connectivity index (χ2v) is 4.61. The molecule has 4 N–H and O–H groups in total. The number of amides is 2. The highest BCUT2D eigenvalue weighted by Crippen LogP contribution is 2.31. The third kappa shape index (κ3) is 2.09. The van der Waals surface area contributed by atoms with Crippen molar-refractivity contribution in [2.45, 2.75) is 19.8 Å². The van der Waals surface area contributed by atoms with E-state index in [1.54, 1.807) is 25.1 Å². The predicted octanol–water partition coefficient (Wildman–Crippen LogP) is 0.669. The monoisotopic (exact) mass is 247 g/mol. The van der Waals surface area contributed by atoms with Crippen LogP contribution in [0.4, 0.5) is 11.4 Å². The lowest BCUT2D eigenvalue weighted by atomic mass is 10.1. The van der Waals surface area contributed by atoms with Gasteiger partial charge < -0.3 is 11.5 Å². The highest BCUT2D eigenvalue weighted by molar-refractivity contribution is 6.19. The average Bonchev–Trinajstić information content (AvgIpc) is 2.63. The summed E-state index contributed by atoms with van der Waals surface area (Å²) in [5, 5.41) is 0. The Morgan fingerprint density at radius 1 is 1.50 bits per heavy atom. The van der Waals surface area contributed by atoms with E-state index in [9.17, 15) is 9.59 Å². The Kier molecular flexibility index (Phi) is 3.34. The summed E-state index contributed by atoms with van der Waals surface area (Å²) in [5.74, 6) is -0.624. The van der Waals surface area contributed by atoms with Crippen LogP contribution < -0.4 is 16.4 Å². The van der Waals surface area contributed by atoms with E-state index in [4.69, 9.17) is 11.5 Å². The van der Waals surface area contributed by atoms with Crippen LogP contribution in [0.1, 0.15) is 18.9 Å². The summed E-state index contributed by atoms with van der Waals surface area (Å²) >= 11 is 0. The Morgan fingerprint density at radius 2 is 2.22 bits per heavy atom. The van der Waals surface area contributed by atoms with E-state index in [0.29, 0.717) is 24.3 Å². The number of imide groups is 1. The van der Waals surface area contributed by atoms with Crippen LogP contribution in [0.5, 0.6) is 0 Å². The van der Waals surface area contributed by atoms with Gasteiger partial charge in [0.2, 0.25) is 11.8 Å². The number of carbonyl (C=O) groups is 2. The number of nitrogen functional groups attached to an aromatic ring is 1. The van der Waals surface area contributed by atoms with Gasteiger partial charge in [-0.3, -0.25) is 9.59 Å². The molecule has 0 fully saturated rings.